The SMILES string of the molecule is CC(=Nc1c(C)cc(C)cc1C)c1ccc(/C(C)=N/P(N(C)C)N(C)C)[n-]1.[Cl][Fe+][Cl]. The van der Waals surface area contributed by atoms with Crippen molar-refractivity contribution < 1.29 is 13.1 Å². The van der Waals surface area contributed by atoms with Crippen LogP contribution in [0.4, 0.5) is 5.69 Å². The van der Waals surface area contributed by atoms with Crippen LogP contribution in [-0.2, 0) is 13.1 Å². The molecule has 30 heavy (non-hydrogen) atoms. The number of nitrogens with zero attached hydrogens (tertiary/aromatic N) is 5. The van der Waals surface area contributed by atoms with E-state index in [2.05, 4.69) is 70.4 Å². The van der Waals surface area contributed by atoms with Crippen LogP contribution in [0, 0.1) is 20.8 Å². The summed E-state index contributed by atoms with van der Waals surface area (Å²) in [6, 6.07) is 8.40. The molecule has 167 valence electrons. The average Bonchev–Trinajstić information content (AvgIpc) is 3.12. The van der Waals surface area contributed by atoms with Crippen LogP contribution in [0.1, 0.15) is 41.9 Å². The van der Waals surface area contributed by atoms with E-state index in [1.165, 1.54) is 16.7 Å². The van der Waals surface area contributed by atoms with Gasteiger partial charge in [0.25, 0.3) is 0 Å². The molecule has 1 aromatic heterocycles. The monoisotopic (exact) mass is 510 g/mol. The van der Waals surface area contributed by atoms with E-state index in [4.69, 9.17) is 34.9 Å². The molecule has 2 aromatic rings. The summed E-state index contributed by atoms with van der Waals surface area (Å²) in [5.41, 5.74) is 8.37. The van der Waals surface area contributed by atoms with Gasteiger partial charge in [0.2, 0.25) is 0 Å². The third kappa shape index (κ3) is 8.09. The fourth-order valence-electron chi connectivity index (χ4n) is 3.06. The Morgan fingerprint density at radius 2 is 1.33 bits per heavy atom. The van der Waals surface area contributed by atoms with Gasteiger partial charge in [-0.25, -0.2) is 4.76 Å². The number of hydrogen-bond acceptors (Lipinski definition) is 4. The first-order chi connectivity index (χ1) is 14.0. The van der Waals surface area contributed by atoms with Crippen LogP contribution >= 0.6 is 28.6 Å². The Kier molecular flexibility index (Phi) is 11.8. The van der Waals surface area contributed by atoms with Gasteiger partial charge >= 0.3 is 33.3 Å². The van der Waals surface area contributed by atoms with Crippen molar-refractivity contribution in [2.24, 2.45) is 9.76 Å². The normalized spacial score (nSPS) is 12.6. The fourth-order valence-corrected chi connectivity index (χ4v) is 4.51. The third-order valence-electron chi connectivity index (χ3n) is 4.25. The second-order valence-corrected chi connectivity index (χ2v) is 11.5. The quantitative estimate of drug-likeness (QED) is 0.262. The van der Waals surface area contributed by atoms with E-state index < -0.39 is 8.37 Å². The summed E-state index contributed by atoms with van der Waals surface area (Å²) in [6.45, 7) is 10.4. The molecule has 0 saturated heterocycles. The Morgan fingerprint density at radius 1 is 0.900 bits per heavy atom. The number of aliphatic imine (C=N–C) groups is 1. The topological polar surface area (TPSA) is 45.3 Å². The minimum absolute atomic E-state index is 0.194. The van der Waals surface area contributed by atoms with Crippen LogP contribution in [0.25, 0.3) is 0 Å². The molecule has 0 fully saturated rings. The van der Waals surface area contributed by atoms with Crippen LogP contribution in [0.5, 0.6) is 0 Å². The Bertz CT molecular complexity index is 862. The zero-order valence-corrected chi connectivity index (χ0v) is 22.6. The van der Waals surface area contributed by atoms with Crippen LogP contribution in [0.2, 0.25) is 0 Å². The summed E-state index contributed by atoms with van der Waals surface area (Å²) in [4.78, 5) is 9.63. The first kappa shape index (κ1) is 27.3. The summed E-state index contributed by atoms with van der Waals surface area (Å²) in [7, 11) is 17.0. The van der Waals surface area contributed by atoms with Crippen molar-refractivity contribution in [2.75, 3.05) is 28.2 Å². The summed E-state index contributed by atoms with van der Waals surface area (Å²) in [5, 5.41) is 0. The number of aromatic nitrogens is 1. The van der Waals surface area contributed by atoms with E-state index in [1.54, 1.807) is 0 Å². The van der Waals surface area contributed by atoms with Crippen LogP contribution < -0.4 is 4.98 Å². The number of benzene rings is 1. The van der Waals surface area contributed by atoms with E-state index >= 15 is 0 Å². The van der Waals surface area contributed by atoms with Gasteiger partial charge in [-0.2, -0.15) is 0 Å². The summed E-state index contributed by atoms with van der Waals surface area (Å²) >= 11 is 0.194. The summed E-state index contributed by atoms with van der Waals surface area (Å²) in [5.74, 6) is 0. The second-order valence-electron chi connectivity index (χ2n) is 7.36. The Morgan fingerprint density at radius 3 is 1.77 bits per heavy atom. The van der Waals surface area contributed by atoms with Crippen LogP contribution in [-0.4, -0.2) is 49.0 Å². The van der Waals surface area contributed by atoms with Crippen LogP contribution in [0.3, 0.4) is 0 Å². The van der Waals surface area contributed by atoms with Gasteiger partial charge in [-0.05, 0) is 73.9 Å². The van der Waals surface area contributed by atoms with E-state index in [0.29, 0.717) is 0 Å². The van der Waals surface area contributed by atoms with E-state index in [-0.39, 0.29) is 13.1 Å². The molecule has 0 aliphatic heterocycles. The molecule has 5 nitrogen and oxygen atoms in total. The Balaban J connectivity index is 0.00000141. The molecular weight excluding hydrogens is 480 g/mol. The number of halogens is 2. The standard InChI is InChI=1S/C21H31N5P.2ClH.Fe/c1-14-12-15(2)21(16(3)13-14)22-17(4)19-10-11-20(23-19)18(5)24-27(25(6)7)26(8)9;;;/h10-13H,1-9H3;2*1H;/q-1;;;+3/p-2/b22-17?,24-18+;;;. The van der Waals surface area contributed by atoms with Crippen molar-refractivity contribution in [3.8, 4) is 0 Å². The molecule has 0 atom stereocenters. The zero-order valence-electron chi connectivity index (χ0n) is 19.1. The van der Waals surface area contributed by atoms with Crippen molar-refractivity contribution in [3.63, 3.8) is 0 Å². The first-order valence-electron chi connectivity index (χ1n) is 9.34. The maximum absolute atomic E-state index is 4.87. The van der Waals surface area contributed by atoms with Crippen molar-refractivity contribution in [1.82, 2.24) is 14.3 Å². The van der Waals surface area contributed by atoms with Gasteiger partial charge in [0, 0.05) is 11.4 Å². The molecule has 0 unspecified atom stereocenters. The molecule has 1 heterocycles. The molecule has 0 radical (unpaired) electrons. The van der Waals surface area contributed by atoms with Gasteiger partial charge in [-0.1, -0.05) is 29.8 Å². The molecule has 0 N–H and O–H groups in total. The van der Waals surface area contributed by atoms with Crippen molar-refractivity contribution in [1.29, 1.82) is 0 Å². The van der Waals surface area contributed by atoms with Gasteiger partial charge in [0.15, 0.2) is 8.37 Å². The van der Waals surface area contributed by atoms with E-state index in [1.807, 2.05) is 26.0 Å². The molecule has 0 aliphatic carbocycles. The average molecular weight is 511 g/mol. The van der Waals surface area contributed by atoms with E-state index in [9.17, 15) is 0 Å². The van der Waals surface area contributed by atoms with Crippen molar-refractivity contribution >= 4 is 45.7 Å². The van der Waals surface area contributed by atoms with E-state index in [0.717, 1.165) is 28.5 Å². The molecule has 0 amide bonds. The summed E-state index contributed by atoms with van der Waals surface area (Å²) < 4.78 is 9.15. The predicted octanol–water partition coefficient (Wildman–Crippen LogP) is 6.25. The Hall–Kier alpha value is -0.711. The molecular formula is C21H31Cl2FeN5P. The zero-order chi connectivity index (χ0) is 23.0. The molecule has 1 aromatic carbocycles. The fraction of sp³-hybridized carbons (Fsp3) is 0.429. The molecule has 0 saturated carbocycles. The predicted molar refractivity (Wildman–Crippen MR) is 130 cm³/mol. The van der Waals surface area contributed by atoms with Crippen molar-refractivity contribution in [2.45, 2.75) is 34.6 Å². The number of rotatable bonds is 6. The third-order valence-corrected chi connectivity index (χ3v) is 6.16. The van der Waals surface area contributed by atoms with Crippen molar-refractivity contribution in [3.05, 3.63) is 52.3 Å². The molecule has 2 rings (SSSR count). The van der Waals surface area contributed by atoms with Gasteiger partial charge < -0.3 is 4.98 Å². The van der Waals surface area contributed by atoms with Gasteiger partial charge in [-0.3, -0.25) is 14.3 Å². The van der Waals surface area contributed by atoms with Gasteiger partial charge in [0.05, 0.1) is 5.69 Å². The van der Waals surface area contributed by atoms with Gasteiger partial charge in [0.1, 0.15) is 0 Å². The summed E-state index contributed by atoms with van der Waals surface area (Å²) in [6.07, 6.45) is 0. The molecule has 0 spiro atoms. The molecule has 9 heteroatoms. The minimum atomic E-state index is -0.715. The van der Waals surface area contributed by atoms with Crippen LogP contribution in [0.15, 0.2) is 34.0 Å². The number of aryl methyl sites for hydroxylation is 3. The first-order valence-corrected chi connectivity index (χ1v) is 13.6. The second kappa shape index (κ2) is 13.0. The number of hydrogen-bond donors (Lipinski definition) is 0. The Labute approximate surface area is 197 Å². The van der Waals surface area contributed by atoms with Gasteiger partial charge in [-0.15, -0.1) is 11.4 Å². The molecule has 0 aliphatic rings. The maximum atomic E-state index is 4.87. The molecule has 0 bridgehead atoms.